The fourth-order valence-corrected chi connectivity index (χ4v) is 0. The summed E-state index contributed by atoms with van der Waals surface area (Å²) in [5, 5.41) is 0. The van der Waals surface area contributed by atoms with Gasteiger partial charge in [0.2, 0.25) is 0 Å². The molecule has 72 valence electrons. The van der Waals surface area contributed by atoms with E-state index in [1.807, 2.05) is 0 Å². The van der Waals surface area contributed by atoms with Crippen molar-refractivity contribution in [3.63, 3.8) is 0 Å². The van der Waals surface area contributed by atoms with Crippen LogP contribution in [0.4, 0.5) is 0 Å². The van der Waals surface area contributed by atoms with E-state index in [4.69, 9.17) is 71.6 Å². The first-order valence-corrected chi connectivity index (χ1v) is 16.8. The molecular weight excluding hydrogens is 358 g/mol. The third kappa shape index (κ3) is 174. The van der Waals surface area contributed by atoms with E-state index < -0.39 is 3.67 Å². The first-order chi connectivity index (χ1) is 3.00. The molecule has 0 aromatic rings. The van der Waals surface area contributed by atoms with Crippen LogP contribution in [-0.4, -0.2) is 0 Å². The Hall–Kier alpha value is 2.24. The standard InChI is InChI=1S/6ClH.3H2N.Rh/h6*1H;3*1H2;/q;;;;;;3*-1;+9/p-6. The normalized spacial score (nSPS) is 35.1. The van der Waals surface area contributed by atoms with Crippen LogP contribution < -0.4 is 13.4 Å². The second-order valence-electron chi connectivity index (χ2n) is 2.36. The molecule has 0 rings (SSSR count). The molecule has 0 aliphatic carbocycles. The first-order valence-electron chi connectivity index (χ1n) is 1.33. The molecule has 0 aromatic heterocycles. The molecule has 0 aliphatic rings. The summed E-state index contributed by atoms with van der Waals surface area (Å²) in [6.45, 7) is 0. The van der Waals surface area contributed by atoms with Gasteiger partial charge in [-0.2, -0.15) is 0 Å². The van der Waals surface area contributed by atoms with Crippen LogP contribution in [0.15, 0.2) is 0 Å². The van der Waals surface area contributed by atoms with E-state index in [1.54, 1.807) is 0 Å². The Morgan fingerprint density at radius 3 is 0.600 bits per heavy atom. The van der Waals surface area contributed by atoms with Crippen LogP contribution in [0, 0.1) is 0 Å². The molecule has 0 unspecified atom stereocenters. The molecule has 0 aromatic carbocycles. The Labute approximate surface area is 74.4 Å². The molecule has 10 heteroatoms. The zero-order valence-corrected chi connectivity index (χ0v) is 10.5. The summed E-state index contributed by atoms with van der Waals surface area (Å²) in [5.74, 6) is 0. The second-order valence-corrected chi connectivity index (χ2v) is 63.2. The molecule has 0 radical (unpaired) electrons. The van der Waals surface area contributed by atoms with Crippen molar-refractivity contribution in [3.05, 3.63) is 0 Å². The molecule has 0 spiro atoms. The van der Waals surface area contributed by atoms with E-state index in [0.29, 0.717) is 0 Å². The van der Waals surface area contributed by atoms with Crippen LogP contribution >= 0.6 is 58.1 Å². The minimum atomic E-state index is -8.29. The van der Waals surface area contributed by atoms with E-state index in [-0.39, 0.29) is 0 Å². The number of hydrogen-bond acceptors (Lipinski definition) is 3. The fraction of sp³-hybridized carbons (Fsp3) is 0. The molecular formula is H6Cl6N3Rh. The van der Waals surface area contributed by atoms with Crippen LogP contribution in [-0.2, 0) is 3.67 Å². The van der Waals surface area contributed by atoms with Gasteiger partial charge in [-0.3, -0.25) is 0 Å². The Kier molecular flexibility index (Phi) is 0.988. The van der Waals surface area contributed by atoms with Gasteiger partial charge in [0.25, 0.3) is 0 Å². The van der Waals surface area contributed by atoms with Gasteiger partial charge in [-0.1, -0.05) is 0 Å². The van der Waals surface area contributed by atoms with Crippen molar-refractivity contribution in [2.45, 2.75) is 0 Å². The summed E-state index contributed by atoms with van der Waals surface area (Å²) >= 11 is 0. The van der Waals surface area contributed by atoms with Crippen LogP contribution in [0.25, 0.3) is 0 Å². The van der Waals surface area contributed by atoms with Gasteiger partial charge >= 0.3 is 75.2 Å². The zero-order valence-electron chi connectivity index (χ0n) is 4.33. The third-order valence-corrected chi connectivity index (χ3v) is 0. The molecule has 0 atom stereocenters. The summed E-state index contributed by atoms with van der Waals surface area (Å²) in [6.07, 6.45) is 0. The molecule has 6 N–H and O–H groups in total. The van der Waals surface area contributed by atoms with Gasteiger partial charge in [-0.05, 0) is 0 Å². The van der Waals surface area contributed by atoms with E-state index in [2.05, 4.69) is 0 Å². The van der Waals surface area contributed by atoms with Crippen LogP contribution in [0.3, 0.4) is 0 Å². The summed E-state index contributed by atoms with van der Waals surface area (Å²) in [4.78, 5) is 0. The molecule has 0 amide bonds. The van der Waals surface area contributed by atoms with Gasteiger partial charge in [0.15, 0.2) is 0 Å². The van der Waals surface area contributed by atoms with Gasteiger partial charge in [0.1, 0.15) is 0 Å². The van der Waals surface area contributed by atoms with Crippen molar-refractivity contribution < 1.29 is 3.67 Å². The Morgan fingerprint density at radius 1 is 0.600 bits per heavy atom. The van der Waals surface area contributed by atoms with Gasteiger partial charge < -0.3 is 0 Å². The van der Waals surface area contributed by atoms with Crippen LogP contribution in [0.5, 0.6) is 0 Å². The minimum absolute atomic E-state index is 4.86. The monoisotopic (exact) mass is 361 g/mol. The van der Waals surface area contributed by atoms with Gasteiger partial charge in [-0.25, -0.2) is 0 Å². The van der Waals surface area contributed by atoms with Crippen LogP contribution in [0.2, 0.25) is 0 Å². The number of nitrogens with two attached hydrogens (primary N) is 3. The SMILES string of the molecule is [NH2][Rh]([NH2])([NH2])([Cl])([Cl])([Cl])([Cl])([Cl])[Cl]. The molecule has 0 saturated carbocycles. The van der Waals surface area contributed by atoms with Crippen molar-refractivity contribution >= 4 is 58.1 Å². The average Bonchev–Trinajstić information content (AvgIpc) is 0.469. The molecule has 0 saturated heterocycles. The average molecular weight is 364 g/mol. The second kappa shape index (κ2) is 0.807. The van der Waals surface area contributed by atoms with Crippen molar-refractivity contribution in [1.82, 2.24) is 0 Å². The summed E-state index contributed by atoms with van der Waals surface area (Å²) in [6, 6.07) is 0. The summed E-state index contributed by atoms with van der Waals surface area (Å²) in [5.41, 5.74) is 0. The van der Waals surface area contributed by atoms with Crippen molar-refractivity contribution in [2.75, 3.05) is 0 Å². The number of hydrogen-bond donors (Lipinski definition) is 3. The van der Waals surface area contributed by atoms with E-state index in [0.717, 1.165) is 0 Å². The quantitative estimate of drug-likeness (QED) is 0.578. The molecule has 0 aliphatic heterocycles. The molecule has 3 nitrogen and oxygen atoms in total. The zero-order chi connectivity index (χ0) is 9.33. The third-order valence-electron chi connectivity index (χ3n) is 0. The summed E-state index contributed by atoms with van der Waals surface area (Å²) < 4.78 is 6.29. The Balaban J connectivity index is 6.55. The molecule has 10 heavy (non-hydrogen) atoms. The Bertz CT molecular complexity index is 199. The number of rotatable bonds is 0. The van der Waals surface area contributed by atoms with Crippen LogP contribution in [0.1, 0.15) is 0 Å². The topological polar surface area (TPSA) is 78.1 Å². The predicted molar refractivity (Wildman–Crippen MR) is 47.7 cm³/mol. The number of halogens is 6. The molecule has 0 bridgehead atoms. The molecule has 0 heterocycles. The first kappa shape index (κ1) is 12.2. The van der Waals surface area contributed by atoms with Gasteiger partial charge in [0.05, 0.1) is 0 Å². The summed E-state index contributed by atoms with van der Waals surface area (Å²) in [7, 11) is 30.6. The van der Waals surface area contributed by atoms with Crippen molar-refractivity contribution in [1.29, 1.82) is 0 Å². The maximum absolute atomic E-state index is 8.29. The molecule has 0 fully saturated rings. The van der Waals surface area contributed by atoms with Gasteiger partial charge in [0, 0.05) is 0 Å². The fourth-order valence-electron chi connectivity index (χ4n) is 0. The van der Waals surface area contributed by atoms with Crippen molar-refractivity contribution in [3.8, 4) is 0 Å². The van der Waals surface area contributed by atoms with Gasteiger partial charge in [-0.15, -0.1) is 0 Å². The van der Waals surface area contributed by atoms with E-state index in [1.165, 1.54) is 0 Å². The van der Waals surface area contributed by atoms with E-state index in [9.17, 15) is 0 Å². The predicted octanol–water partition coefficient (Wildman–Crippen LogP) is 2.36. The Morgan fingerprint density at radius 2 is 0.600 bits per heavy atom. The van der Waals surface area contributed by atoms with E-state index >= 15 is 0 Å². The van der Waals surface area contributed by atoms with Crippen molar-refractivity contribution in [2.24, 2.45) is 13.4 Å². The maximum atomic E-state index is 5.11.